The van der Waals surface area contributed by atoms with E-state index in [-0.39, 0.29) is 28.8 Å². The Morgan fingerprint density at radius 1 is 1.59 bits per heavy atom. The number of hydrogen-bond acceptors (Lipinski definition) is 3. The molecule has 17 heavy (non-hydrogen) atoms. The SMILES string of the molecule is CC(=O)CC1C2OC3(C)CC1(C=O)CC3[C@@H]2Br. The van der Waals surface area contributed by atoms with Gasteiger partial charge in [0.25, 0.3) is 0 Å². The molecule has 2 aliphatic heterocycles. The fraction of sp³-hybridized carbons (Fsp3) is 0.846. The first-order valence-corrected chi connectivity index (χ1v) is 7.11. The molecule has 6 atom stereocenters. The summed E-state index contributed by atoms with van der Waals surface area (Å²) in [7, 11) is 0. The van der Waals surface area contributed by atoms with E-state index in [0.29, 0.717) is 17.2 Å². The molecule has 4 fully saturated rings. The molecule has 2 aliphatic carbocycles. The van der Waals surface area contributed by atoms with Crippen molar-refractivity contribution in [2.75, 3.05) is 0 Å². The molecule has 0 aromatic carbocycles. The highest BCUT2D eigenvalue weighted by molar-refractivity contribution is 9.09. The van der Waals surface area contributed by atoms with E-state index < -0.39 is 0 Å². The number of Topliss-reactive ketones (excluding diaryl/α,β-unsaturated/α-hetero) is 1. The molecule has 2 heterocycles. The summed E-state index contributed by atoms with van der Waals surface area (Å²) in [6, 6.07) is 0. The maximum absolute atomic E-state index is 11.6. The molecule has 4 bridgehead atoms. The van der Waals surface area contributed by atoms with Crippen LogP contribution < -0.4 is 0 Å². The summed E-state index contributed by atoms with van der Waals surface area (Å²) >= 11 is 3.72. The highest BCUT2D eigenvalue weighted by Gasteiger charge is 2.71. The third kappa shape index (κ3) is 1.37. The molecular weight excluding hydrogens is 284 g/mol. The highest BCUT2D eigenvalue weighted by atomic mass is 79.9. The van der Waals surface area contributed by atoms with Crippen molar-refractivity contribution in [3.63, 3.8) is 0 Å². The van der Waals surface area contributed by atoms with Crippen LogP contribution in [0.15, 0.2) is 0 Å². The van der Waals surface area contributed by atoms with Crippen molar-refractivity contribution in [2.24, 2.45) is 17.3 Å². The summed E-state index contributed by atoms with van der Waals surface area (Å²) in [6.07, 6.45) is 3.26. The Bertz CT molecular complexity index is 396. The summed E-state index contributed by atoms with van der Waals surface area (Å²) in [4.78, 5) is 23.3. The molecule has 0 N–H and O–H groups in total. The molecule has 0 spiro atoms. The molecule has 94 valence electrons. The zero-order valence-electron chi connectivity index (χ0n) is 10.1. The van der Waals surface area contributed by atoms with E-state index in [2.05, 4.69) is 22.9 Å². The smallest absolute Gasteiger partial charge is 0.130 e. The molecule has 3 nitrogen and oxygen atoms in total. The van der Waals surface area contributed by atoms with Crippen LogP contribution in [0.25, 0.3) is 0 Å². The molecule has 4 aliphatic rings. The molecule has 4 heteroatoms. The van der Waals surface area contributed by atoms with E-state index in [1.165, 1.54) is 0 Å². The minimum Gasteiger partial charge on any atom is -0.370 e. The van der Waals surface area contributed by atoms with Gasteiger partial charge in [-0.25, -0.2) is 0 Å². The molecule has 2 saturated carbocycles. The molecular formula is C13H17BrO3. The van der Waals surface area contributed by atoms with Crippen molar-refractivity contribution in [3.8, 4) is 0 Å². The van der Waals surface area contributed by atoms with E-state index in [9.17, 15) is 9.59 Å². The quantitative estimate of drug-likeness (QED) is 0.592. The Labute approximate surface area is 109 Å². The predicted molar refractivity (Wildman–Crippen MR) is 66.0 cm³/mol. The average molecular weight is 301 g/mol. The van der Waals surface area contributed by atoms with Crippen molar-refractivity contribution in [2.45, 2.75) is 49.6 Å². The van der Waals surface area contributed by atoms with Crippen LogP contribution in [0, 0.1) is 17.3 Å². The highest BCUT2D eigenvalue weighted by Crippen LogP contribution is 2.67. The van der Waals surface area contributed by atoms with Crippen molar-refractivity contribution >= 4 is 28.0 Å². The Morgan fingerprint density at radius 2 is 2.29 bits per heavy atom. The van der Waals surface area contributed by atoms with Crippen LogP contribution in [-0.2, 0) is 14.3 Å². The Balaban J connectivity index is 2.00. The number of ketones is 1. The lowest BCUT2D eigenvalue weighted by Crippen LogP contribution is -2.49. The van der Waals surface area contributed by atoms with Crippen molar-refractivity contribution in [1.82, 2.24) is 0 Å². The van der Waals surface area contributed by atoms with Gasteiger partial charge < -0.3 is 14.3 Å². The summed E-state index contributed by atoms with van der Waals surface area (Å²) < 4.78 is 6.13. The lowest BCUT2D eigenvalue weighted by Gasteiger charge is -2.44. The standard InChI is InChI=1S/C13H17BrO3/c1-7(16)3-8-11-10(14)9-4-13(8,6-15)5-12(9,2)17-11/h6,8-11H,3-5H2,1-2H3/t8?,9?,10-,11?,12?,13?/m0/s1. The number of ether oxygens (including phenoxy) is 1. The van der Waals surface area contributed by atoms with Gasteiger partial charge in [-0.3, -0.25) is 0 Å². The zero-order chi connectivity index (χ0) is 12.4. The summed E-state index contributed by atoms with van der Waals surface area (Å²) in [6.45, 7) is 3.71. The lowest BCUT2D eigenvalue weighted by molar-refractivity contribution is -0.151. The monoisotopic (exact) mass is 300 g/mol. The van der Waals surface area contributed by atoms with Gasteiger partial charge in [0.2, 0.25) is 0 Å². The molecule has 0 amide bonds. The predicted octanol–water partition coefficient (Wildman–Crippen LogP) is 2.11. The molecule has 0 aromatic heterocycles. The van der Waals surface area contributed by atoms with Gasteiger partial charge in [-0.2, -0.15) is 0 Å². The second kappa shape index (κ2) is 3.41. The van der Waals surface area contributed by atoms with Crippen LogP contribution in [0.1, 0.15) is 33.1 Å². The lowest BCUT2D eigenvalue weighted by atomic mass is 9.65. The summed E-state index contributed by atoms with van der Waals surface area (Å²) in [5.74, 6) is 0.632. The Hall–Kier alpha value is -0.220. The Kier molecular flexibility index (Phi) is 2.38. The number of aldehydes is 1. The fourth-order valence-electron chi connectivity index (χ4n) is 4.39. The number of halogens is 1. The number of carbonyl (C=O) groups is 2. The molecule has 2 saturated heterocycles. The van der Waals surface area contributed by atoms with Gasteiger partial charge in [0.05, 0.1) is 11.7 Å². The number of rotatable bonds is 3. The van der Waals surface area contributed by atoms with Crippen molar-refractivity contribution in [1.29, 1.82) is 0 Å². The maximum Gasteiger partial charge on any atom is 0.130 e. The second-order valence-corrected chi connectivity index (χ2v) is 7.25. The van der Waals surface area contributed by atoms with Gasteiger partial charge in [-0.1, -0.05) is 15.9 Å². The van der Waals surface area contributed by atoms with Gasteiger partial charge in [-0.15, -0.1) is 0 Å². The molecule has 0 radical (unpaired) electrons. The second-order valence-electron chi connectivity index (χ2n) is 6.19. The minimum atomic E-state index is -0.307. The van der Waals surface area contributed by atoms with Gasteiger partial charge >= 0.3 is 0 Å². The minimum absolute atomic E-state index is 0.0293. The largest absolute Gasteiger partial charge is 0.370 e. The molecule has 0 aromatic rings. The van der Waals surface area contributed by atoms with Crippen LogP contribution in [0.5, 0.6) is 0 Å². The number of alkyl halides is 1. The van der Waals surface area contributed by atoms with E-state index in [0.717, 1.165) is 19.1 Å². The summed E-state index contributed by atoms with van der Waals surface area (Å²) in [5, 5.41) is 0. The van der Waals surface area contributed by atoms with E-state index in [1.807, 2.05) is 0 Å². The molecule has 5 unspecified atom stereocenters. The van der Waals surface area contributed by atoms with Crippen molar-refractivity contribution < 1.29 is 14.3 Å². The van der Waals surface area contributed by atoms with Crippen molar-refractivity contribution in [3.05, 3.63) is 0 Å². The van der Waals surface area contributed by atoms with E-state index in [4.69, 9.17) is 4.74 Å². The van der Waals surface area contributed by atoms with E-state index >= 15 is 0 Å². The Morgan fingerprint density at radius 3 is 2.82 bits per heavy atom. The van der Waals surface area contributed by atoms with Crippen LogP contribution in [-0.4, -0.2) is 28.6 Å². The molecule has 4 rings (SSSR count). The van der Waals surface area contributed by atoms with E-state index in [1.54, 1.807) is 6.92 Å². The first-order valence-electron chi connectivity index (χ1n) is 6.19. The fourth-order valence-corrected chi connectivity index (χ4v) is 5.61. The third-order valence-electron chi connectivity index (χ3n) is 5.05. The maximum atomic E-state index is 11.6. The van der Waals surface area contributed by atoms with Gasteiger partial charge in [-0.05, 0) is 26.7 Å². The zero-order valence-corrected chi connectivity index (χ0v) is 11.7. The number of carbonyl (C=O) groups excluding carboxylic acids is 2. The van der Waals surface area contributed by atoms with Crippen LogP contribution in [0.4, 0.5) is 0 Å². The topological polar surface area (TPSA) is 43.4 Å². The van der Waals surface area contributed by atoms with Gasteiger partial charge in [0.1, 0.15) is 12.1 Å². The van der Waals surface area contributed by atoms with Crippen LogP contribution in [0.3, 0.4) is 0 Å². The van der Waals surface area contributed by atoms with Gasteiger partial charge in [0, 0.05) is 28.5 Å². The third-order valence-corrected chi connectivity index (χ3v) is 6.20. The normalized spacial score (nSPS) is 55.2. The van der Waals surface area contributed by atoms with Crippen LogP contribution in [0.2, 0.25) is 0 Å². The summed E-state index contributed by atoms with van der Waals surface area (Å²) in [5.41, 5.74) is -0.467. The number of hydrogen-bond donors (Lipinski definition) is 0. The van der Waals surface area contributed by atoms with Crippen LogP contribution >= 0.6 is 15.9 Å². The first-order chi connectivity index (χ1) is 7.92. The van der Waals surface area contributed by atoms with Gasteiger partial charge in [0.15, 0.2) is 0 Å². The first kappa shape index (κ1) is 11.8. The average Bonchev–Trinajstić information content (AvgIpc) is 2.61.